The summed E-state index contributed by atoms with van der Waals surface area (Å²) in [7, 11) is 3.66. The van der Waals surface area contributed by atoms with Crippen LogP contribution >= 0.6 is 11.8 Å². The van der Waals surface area contributed by atoms with E-state index < -0.39 is 0 Å². The number of anilines is 2. The van der Waals surface area contributed by atoms with Crippen LogP contribution in [-0.4, -0.2) is 50.4 Å². The normalized spacial score (nSPS) is 11.9. The first kappa shape index (κ1) is 23.4. The number of halogens is 1. The number of hydrogen-bond donors (Lipinski definition) is 1. The van der Waals surface area contributed by atoms with Gasteiger partial charge in [0.25, 0.3) is 0 Å². The number of nitrogens with zero attached hydrogens (tertiary/aromatic N) is 7. The molecule has 0 saturated carbocycles. The Bertz CT molecular complexity index is 1280. The number of aromatic nitrogens is 6. The maximum absolute atomic E-state index is 14.9. The van der Waals surface area contributed by atoms with Crippen molar-refractivity contribution in [3.63, 3.8) is 0 Å². The average Bonchev–Trinajstić information content (AvgIpc) is 3.22. The molecule has 0 saturated heterocycles. The van der Waals surface area contributed by atoms with Gasteiger partial charge >= 0.3 is 0 Å². The van der Waals surface area contributed by atoms with Gasteiger partial charge in [-0.05, 0) is 50.2 Å². The highest BCUT2D eigenvalue weighted by atomic mass is 32.2. The van der Waals surface area contributed by atoms with E-state index in [4.69, 9.17) is 10.5 Å². The largest absolute Gasteiger partial charge is 0.494 e. The summed E-state index contributed by atoms with van der Waals surface area (Å²) < 4.78 is 22.1. The molecule has 1 unspecified atom stereocenters. The lowest BCUT2D eigenvalue weighted by atomic mass is 10.2. The Hall–Kier alpha value is -3.73. The Morgan fingerprint density at radius 3 is 2.47 bits per heavy atom. The molecule has 0 spiro atoms. The van der Waals surface area contributed by atoms with Crippen LogP contribution in [0.3, 0.4) is 0 Å². The third-order valence-electron chi connectivity index (χ3n) is 4.85. The van der Waals surface area contributed by atoms with Crippen molar-refractivity contribution in [1.82, 2.24) is 29.7 Å². The number of para-hydroxylation sites is 1. The fourth-order valence-electron chi connectivity index (χ4n) is 3.24. The van der Waals surface area contributed by atoms with Crippen LogP contribution in [0.5, 0.6) is 5.75 Å². The second kappa shape index (κ2) is 10.0. The summed E-state index contributed by atoms with van der Waals surface area (Å²) in [5.41, 5.74) is 7.01. The summed E-state index contributed by atoms with van der Waals surface area (Å²) >= 11 is 1.35. The summed E-state index contributed by atoms with van der Waals surface area (Å²) in [5.74, 6) is 1.95. The van der Waals surface area contributed by atoms with E-state index in [-0.39, 0.29) is 17.0 Å². The molecule has 1 atom stereocenters. The summed E-state index contributed by atoms with van der Waals surface area (Å²) in [4.78, 5) is 14.7. The van der Waals surface area contributed by atoms with E-state index in [1.54, 1.807) is 27.7 Å². The smallest absolute Gasteiger partial charge is 0.229 e. The van der Waals surface area contributed by atoms with Gasteiger partial charge in [0.05, 0.1) is 17.5 Å². The Balaban J connectivity index is 1.75. The molecule has 2 aromatic carbocycles. The first-order chi connectivity index (χ1) is 16.4. The van der Waals surface area contributed by atoms with E-state index in [2.05, 4.69) is 25.1 Å². The predicted molar refractivity (Wildman–Crippen MR) is 131 cm³/mol. The van der Waals surface area contributed by atoms with Crippen LogP contribution in [0.4, 0.5) is 16.3 Å². The summed E-state index contributed by atoms with van der Waals surface area (Å²) in [6.45, 7) is 4.42. The molecule has 4 aromatic rings. The van der Waals surface area contributed by atoms with Gasteiger partial charge in [0.1, 0.15) is 17.4 Å². The number of ether oxygens (including phenoxy) is 1. The highest BCUT2D eigenvalue weighted by Crippen LogP contribution is 2.37. The fraction of sp³-hybridized carbons (Fsp3) is 0.261. The molecule has 2 N–H and O–H groups in total. The van der Waals surface area contributed by atoms with Crippen molar-refractivity contribution in [1.29, 1.82) is 0 Å². The highest BCUT2D eigenvalue weighted by molar-refractivity contribution is 7.99. The van der Waals surface area contributed by atoms with Crippen molar-refractivity contribution in [2.45, 2.75) is 24.3 Å². The van der Waals surface area contributed by atoms with Crippen LogP contribution in [0.25, 0.3) is 17.1 Å². The standard InChI is InChI=1S/C23H25FN8OS/c1-5-33-16-12-10-15(11-13-16)20-29-30-23(32(20)18-9-7-6-8-17(18)24)34-14(2)19-26-21(25)28-22(27-19)31(3)4/h6-14H,5H2,1-4H3,(H2,25,26,27,28). The predicted octanol–water partition coefficient (Wildman–Crippen LogP) is 4.16. The zero-order valence-corrected chi connectivity index (χ0v) is 20.1. The molecule has 4 rings (SSSR count). The van der Waals surface area contributed by atoms with Gasteiger partial charge in [0.15, 0.2) is 11.0 Å². The molecule has 0 aliphatic carbocycles. The van der Waals surface area contributed by atoms with E-state index in [0.29, 0.717) is 35.0 Å². The quantitative estimate of drug-likeness (QED) is 0.372. The first-order valence-electron chi connectivity index (χ1n) is 10.7. The molecular formula is C23H25FN8OS. The molecule has 176 valence electrons. The Morgan fingerprint density at radius 1 is 1.06 bits per heavy atom. The van der Waals surface area contributed by atoms with Crippen LogP contribution < -0.4 is 15.4 Å². The Morgan fingerprint density at radius 2 is 1.79 bits per heavy atom. The summed E-state index contributed by atoms with van der Waals surface area (Å²) in [6, 6.07) is 14.0. The third-order valence-corrected chi connectivity index (χ3v) is 5.89. The third kappa shape index (κ3) is 4.93. The molecule has 0 bridgehead atoms. The molecule has 2 heterocycles. The monoisotopic (exact) mass is 480 g/mol. The van der Waals surface area contributed by atoms with Crippen molar-refractivity contribution in [2.24, 2.45) is 0 Å². The average molecular weight is 481 g/mol. The second-order valence-corrected chi connectivity index (χ2v) is 8.86. The van der Waals surface area contributed by atoms with Gasteiger partial charge in [0.2, 0.25) is 11.9 Å². The molecule has 0 fully saturated rings. The molecule has 11 heteroatoms. The lowest BCUT2D eigenvalue weighted by Crippen LogP contribution is -2.16. The molecule has 0 aliphatic heterocycles. The Kier molecular flexibility index (Phi) is 6.92. The summed E-state index contributed by atoms with van der Waals surface area (Å²) in [6.07, 6.45) is 0. The molecule has 34 heavy (non-hydrogen) atoms. The number of rotatable bonds is 8. The van der Waals surface area contributed by atoms with Gasteiger partial charge in [0, 0.05) is 19.7 Å². The zero-order valence-electron chi connectivity index (χ0n) is 19.3. The number of nitrogen functional groups attached to an aromatic ring is 1. The summed E-state index contributed by atoms with van der Waals surface area (Å²) in [5, 5.41) is 9.00. The van der Waals surface area contributed by atoms with Crippen molar-refractivity contribution in [3.05, 3.63) is 60.2 Å². The number of thioether (sulfide) groups is 1. The van der Waals surface area contributed by atoms with Gasteiger partial charge in [-0.2, -0.15) is 15.0 Å². The lowest BCUT2D eigenvalue weighted by molar-refractivity contribution is 0.340. The molecule has 9 nitrogen and oxygen atoms in total. The van der Waals surface area contributed by atoms with E-state index in [1.165, 1.54) is 17.8 Å². The number of hydrogen-bond acceptors (Lipinski definition) is 9. The topological polar surface area (TPSA) is 108 Å². The van der Waals surface area contributed by atoms with Crippen LogP contribution in [0, 0.1) is 5.82 Å². The van der Waals surface area contributed by atoms with Gasteiger partial charge in [-0.3, -0.25) is 4.57 Å². The Labute approximate surface area is 201 Å². The van der Waals surface area contributed by atoms with Crippen LogP contribution in [0.2, 0.25) is 0 Å². The molecule has 0 amide bonds. The number of benzene rings is 2. The van der Waals surface area contributed by atoms with Crippen molar-refractivity contribution < 1.29 is 9.13 Å². The minimum Gasteiger partial charge on any atom is -0.494 e. The second-order valence-electron chi connectivity index (χ2n) is 7.56. The van der Waals surface area contributed by atoms with Gasteiger partial charge in [-0.25, -0.2) is 4.39 Å². The maximum atomic E-state index is 14.9. The minimum atomic E-state index is -0.386. The molecule has 0 aliphatic rings. The van der Waals surface area contributed by atoms with Crippen LogP contribution in [0.15, 0.2) is 53.7 Å². The SMILES string of the molecule is CCOc1ccc(-c2nnc(SC(C)c3nc(N)nc(N(C)C)n3)n2-c2ccccc2F)cc1. The lowest BCUT2D eigenvalue weighted by Gasteiger charge is -2.16. The van der Waals surface area contributed by atoms with E-state index in [9.17, 15) is 4.39 Å². The van der Waals surface area contributed by atoms with Crippen LogP contribution in [-0.2, 0) is 0 Å². The minimum absolute atomic E-state index is 0.131. The van der Waals surface area contributed by atoms with E-state index >= 15 is 0 Å². The van der Waals surface area contributed by atoms with Gasteiger partial charge in [-0.15, -0.1) is 10.2 Å². The maximum Gasteiger partial charge on any atom is 0.229 e. The van der Waals surface area contributed by atoms with Gasteiger partial charge < -0.3 is 15.4 Å². The van der Waals surface area contributed by atoms with Gasteiger partial charge in [-0.1, -0.05) is 23.9 Å². The van der Waals surface area contributed by atoms with Crippen molar-refractivity contribution in [2.75, 3.05) is 31.3 Å². The fourth-order valence-corrected chi connectivity index (χ4v) is 4.15. The highest BCUT2D eigenvalue weighted by Gasteiger charge is 2.23. The van der Waals surface area contributed by atoms with Crippen LogP contribution in [0.1, 0.15) is 24.9 Å². The van der Waals surface area contributed by atoms with E-state index in [0.717, 1.165) is 11.3 Å². The zero-order chi connectivity index (χ0) is 24.2. The first-order valence-corrected chi connectivity index (χ1v) is 11.5. The molecular weight excluding hydrogens is 455 g/mol. The van der Waals surface area contributed by atoms with Crippen molar-refractivity contribution >= 4 is 23.7 Å². The number of nitrogens with two attached hydrogens (primary N) is 1. The van der Waals surface area contributed by atoms with E-state index in [1.807, 2.05) is 52.2 Å². The molecule has 0 radical (unpaired) electrons. The van der Waals surface area contributed by atoms with Crippen molar-refractivity contribution in [3.8, 4) is 22.8 Å². The molecule has 2 aromatic heterocycles.